The molecule has 78 valence electrons. The predicted molar refractivity (Wildman–Crippen MR) is 54.6 cm³/mol. The van der Waals surface area contributed by atoms with Gasteiger partial charge in [0, 0.05) is 11.4 Å². The average Bonchev–Trinajstić information content (AvgIpc) is 2.16. The van der Waals surface area contributed by atoms with Crippen LogP contribution in [0.15, 0.2) is 18.2 Å². The minimum atomic E-state index is -0.538. The SMILES string of the molecule is CCC(Cl)CCc1ccc(F)cc1F. The minimum absolute atomic E-state index is 0.0689. The highest BCUT2D eigenvalue weighted by molar-refractivity contribution is 6.20. The lowest BCUT2D eigenvalue weighted by Gasteiger charge is -2.06. The summed E-state index contributed by atoms with van der Waals surface area (Å²) in [5.41, 5.74) is 0.533. The number of hydrogen-bond donors (Lipinski definition) is 0. The number of aryl methyl sites for hydroxylation is 1. The zero-order valence-corrected chi connectivity index (χ0v) is 8.82. The molecular formula is C11H13ClF2. The number of halogens is 3. The second kappa shape index (κ2) is 5.30. The summed E-state index contributed by atoms with van der Waals surface area (Å²) in [4.78, 5) is 0. The van der Waals surface area contributed by atoms with Crippen molar-refractivity contribution in [1.82, 2.24) is 0 Å². The van der Waals surface area contributed by atoms with Crippen LogP contribution in [0.1, 0.15) is 25.3 Å². The molecule has 0 aliphatic rings. The van der Waals surface area contributed by atoms with E-state index in [0.717, 1.165) is 18.9 Å². The lowest BCUT2D eigenvalue weighted by Crippen LogP contribution is -2.00. The van der Waals surface area contributed by atoms with Crippen molar-refractivity contribution in [2.75, 3.05) is 0 Å². The van der Waals surface area contributed by atoms with Gasteiger partial charge < -0.3 is 0 Å². The maximum Gasteiger partial charge on any atom is 0.129 e. The van der Waals surface area contributed by atoms with Crippen molar-refractivity contribution < 1.29 is 8.78 Å². The van der Waals surface area contributed by atoms with Crippen molar-refractivity contribution in [1.29, 1.82) is 0 Å². The highest BCUT2D eigenvalue weighted by Gasteiger charge is 2.06. The van der Waals surface area contributed by atoms with E-state index in [4.69, 9.17) is 11.6 Å². The Hall–Kier alpha value is -0.630. The third kappa shape index (κ3) is 3.26. The van der Waals surface area contributed by atoms with Crippen LogP contribution >= 0.6 is 11.6 Å². The van der Waals surface area contributed by atoms with E-state index in [0.29, 0.717) is 12.0 Å². The van der Waals surface area contributed by atoms with Crippen molar-refractivity contribution in [3.05, 3.63) is 35.4 Å². The predicted octanol–water partition coefficient (Wildman–Crippen LogP) is 3.91. The Kier molecular flexibility index (Phi) is 4.33. The maximum atomic E-state index is 13.1. The minimum Gasteiger partial charge on any atom is -0.207 e. The summed E-state index contributed by atoms with van der Waals surface area (Å²) >= 11 is 5.90. The standard InChI is InChI=1S/C11H13ClF2/c1-2-9(12)5-3-8-4-6-10(13)7-11(8)14/h4,6-7,9H,2-3,5H2,1H3. The summed E-state index contributed by atoms with van der Waals surface area (Å²) in [5.74, 6) is -1.02. The second-order valence-electron chi connectivity index (χ2n) is 3.28. The first kappa shape index (κ1) is 11.4. The van der Waals surface area contributed by atoms with Gasteiger partial charge in [-0.15, -0.1) is 11.6 Å². The molecule has 1 aromatic rings. The monoisotopic (exact) mass is 218 g/mol. The fraction of sp³-hybridized carbons (Fsp3) is 0.455. The van der Waals surface area contributed by atoms with Gasteiger partial charge in [-0.25, -0.2) is 8.78 Å². The van der Waals surface area contributed by atoms with Crippen molar-refractivity contribution in [2.24, 2.45) is 0 Å². The van der Waals surface area contributed by atoms with Crippen molar-refractivity contribution in [3.63, 3.8) is 0 Å². The molecule has 0 saturated heterocycles. The average molecular weight is 219 g/mol. The third-order valence-electron chi connectivity index (χ3n) is 2.18. The van der Waals surface area contributed by atoms with Crippen LogP contribution in [0.4, 0.5) is 8.78 Å². The molecule has 14 heavy (non-hydrogen) atoms. The largest absolute Gasteiger partial charge is 0.207 e. The molecule has 0 heterocycles. The van der Waals surface area contributed by atoms with Gasteiger partial charge in [0.05, 0.1) is 0 Å². The Labute approximate surface area is 87.9 Å². The zero-order valence-electron chi connectivity index (χ0n) is 8.06. The summed E-state index contributed by atoms with van der Waals surface area (Å²) in [7, 11) is 0. The first-order valence-electron chi connectivity index (χ1n) is 4.71. The van der Waals surface area contributed by atoms with Gasteiger partial charge in [-0.05, 0) is 30.9 Å². The van der Waals surface area contributed by atoms with Crippen molar-refractivity contribution in [3.8, 4) is 0 Å². The molecule has 0 fully saturated rings. The van der Waals surface area contributed by atoms with Gasteiger partial charge in [0.25, 0.3) is 0 Å². The summed E-state index contributed by atoms with van der Waals surface area (Å²) < 4.78 is 25.7. The Balaban J connectivity index is 2.59. The van der Waals surface area contributed by atoms with E-state index in [-0.39, 0.29) is 5.38 Å². The molecule has 0 aliphatic carbocycles. The van der Waals surface area contributed by atoms with E-state index >= 15 is 0 Å². The van der Waals surface area contributed by atoms with Crippen LogP contribution in [0.5, 0.6) is 0 Å². The molecule has 1 atom stereocenters. The van der Waals surface area contributed by atoms with E-state index in [9.17, 15) is 8.78 Å². The third-order valence-corrected chi connectivity index (χ3v) is 2.71. The van der Waals surface area contributed by atoms with Gasteiger partial charge in [0.1, 0.15) is 11.6 Å². The van der Waals surface area contributed by atoms with Gasteiger partial charge in [0.15, 0.2) is 0 Å². The van der Waals surface area contributed by atoms with E-state index in [1.165, 1.54) is 12.1 Å². The van der Waals surface area contributed by atoms with Crippen molar-refractivity contribution in [2.45, 2.75) is 31.6 Å². The lowest BCUT2D eigenvalue weighted by atomic mass is 10.1. The van der Waals surface area contributed by atoms with Crippen LogP contribution in [-0.4, -0.2) is 5.38 Å². The molecule has 0 radical (unpaired) electrons. The normalized spacial score (nSPS) is 12.9. The highest BCUT2D eigenvalue weighted by atomic mass is 35.5. The highest BCUT2D eigenvalue weighted by Crippen LogP contribution is 2.15. The van der Waals surface area contributed by atoms with Crippen LogP contribution in [0.3, 0.4) is 0 Å². The van der Waals surface area contributed by atoms with Crippen LogP contribution in [-0.2, 0) is 6.42 Å². The van der Waals surface area contributed by atoms with Crippen LogP contribution < -0.4 is 0 Å². The fourth-order valence-corrected chi connectivity index (χ4v) is 1.35. The number of benzene rings is 1. The molecule has 1 unspecified atom stereocenters. The fourth-order valence-electron chi connectivity index (χ4n) is 1.24. The first-order valence-corrected chi connectivity index (χ1v) is 5.15. The van der Waals surface area contributed by atoms with Crippen LogP contribution in [0.2, 0.25) is 0 Å². The number of rotatable bonds is 4. The molecule has 0 saturated carbocycles. The molecule has 0 amide bonds. The summed E-state index contributed by atoms with van der Waals surface area (Å²) in [6.45, 7) is 1.98. The lowest BCUT2D eigenvalue weighted by molar-refractivity contribution is 0.567. The van der Waals surface area contributed by atoms with Crippen LogP contribution in [0.25, 0.3) is 0 Å². The Morgan fingerprint density at radius 1 is 1.36 bits per heavy atom. The summed E-state index contributed by atoms with van der Waals surface area (Å²) in [6, 6.07) is 3.65. The number of alkyl halides is 1. The molecule has 0 spiro atoms. The molecule has 1 rings (SSSR count). The molecule has 0 aliphatic heterocycles. The summed E-state index contributed by atoms with van der Waals surface area (Å²) in [6.07, 6.45) is 2.15. The van der Waals surface area contributed by atoms with E-state index < -0.39 is 11.6 Å². The first-order chi connectivity index (χ1) is 6.63. The Morgan fingerprint density at radius 2 is 2.07 bits per heavy atom. The topological polar surface area (TPSA) is 0 Å². The molecule has 0 N–H and O–H groups in total. The summed E-state index contributed by atoms with van der Waals surface area (Å²) in [5, 5.41) is 0.0689. The molecule has 3 heteroatoms. The van der Waals surface area contributed by atoms with Gasteiger partial charge >= 0.3 is 0 Å². The molecule has 1 aromatic carbocycles. The van der Waals surface area contributed by atoms with Gasteiger partial charge in [0.2, 0.25) is 0 Å². The zero-order chi connectivity index (χ0) is 10.6. The molecular weight excluding hydrogens is 206 g/mol. The van der Waals surface area contributed by atoms with E-state index in [1.54, 1.807) is 0 Å². The Morgan fingerprint density at radius 3 is 2.64 bits per heavy atom. The smallest absolute Gasteiger partial charge is 0.129 e. The molecule has 0 nitrogen and oxygen atoms in total. The second-order valence-corrected chi connectivity index (χ2v) is 3.90. The quantitative estimate of drug-likeness (QED) is 0.672. The van der Waals surface area contributed by atoms with Gasteiger partial charge in [-0.2, -0.15) is 0 Å². The Bertz CT molecular complexity index is 299. The van der Waals surface area contributed by atoms with Gasteiger partial charge in [-0.1, -0.05) is 13.0 Å². The van der Waals surface area contributed by atoms with Crippen LogP contribution in [0, 0.1) is 11.6 Å². The van der Waals surface area contributed by atoms with Crippen molar-refractivity contribution >= 4 is 11.6 Å². The maximum absolute atomic E-state index is 13.1. The van der Waals surface area contributed by atoms with Gasteiger partial charge in [-0.3, -0.25) is 0 Å². The molecule has 0 bridgehead atoms. The van der Waals surface area contributed by atoms with E-state index in [2.05, 4.69) is 0 Å². The number of hydrogen-bond acceptors (Lipinski definition) is 0. The molecule has 0 aromatic heterocycles. The van der Waals surface area contributed by atoms with E-state index in [1.807, 2.05) is 6.92 Å².